The number of hydrogen-bond acceptors (Lipinski definition) is 4. The molecule has 25 heavy (non-hydrogen) atoms. The molecule has 2 atom stereocenters. The van der Waals surface area contributed by atoms with Crippen molar-refractivity contribution in [3.8, 4) is 11.4 Å². The van der Waals surface area contributed by atoms with Crippen molar-refractivity contribution >= 4 is 10.0 Å². The molecule has 0 N–H and O–H groups in total. The Bertz CT molecular complexity index is 864. The van der Waals surface area contributed by atoms with E-state index < -0.39 is 10.0 Å². The summed E-state index contributed by atoms with van der Waals surface area (Å²) in [5, 5.41) is 0. The fourth-order valence-corrected chi connectivity index (χ4v) is 4.26. The quantitative estimate of drug-likeness (QED) is 0.812. The maximum Gasteiger partial charge on any atom is 0.214 e. The van der Waals surface area contributed by atoms with Gasteiger partial charge in [0, 0.05) is 38.0 Å². The van der Waals surface area contributed by atoms with E-state index >= 15 is 0 Å². The summed E-state index contributed by atoms with van der Waals surface area (Å²) < 4.78 is 46.9. The number of halogens is 1. The molecule has 0 saturated carbocycles. The molecular formula is C17H22FN3O3S. The summed E-state index contributed by atoms with van der Waals surface area (Å²) in [6, 6.07) is 4.42. The van der Waals surface area contributed by atoms with Gasteiger partial charge in [0.05, 0.1) is 25.0 Å². The van der Waals surface area contributed by atoms with E-state index in [1.165, 1.54) is 30.5 Å². The summed E-state index contributed by atoms with van der Waals surface area (Å²) in [4.78, 5) is 4.38. The maximum absolute atomic E-state index is 13.7. The molecule has 8 heteroatoms. The number of aromatic nitrogens is 2. The Morgan fingerprint density at radius 2 is 2.12 bits per heavy atom. The molecule has 0 unspecified atom stereocenters. The largest absolute Gasteiger partial charge is 0.379 e. The molecule has 1 aliphatic heterocycles. The predicted octanol–water partition coefficient (Wildman–Crippen LogP) is 2.08. The molecule has 1 fully saturated rings. The van der Waals surface area contributed by atoms with Crippen molar-refractivity contribution < 1.29 is 17.5 Å². The third-order valence-electron chi connectivity index (χ3n) is 4.61. The topological polar surface area (TPSA) is 64.4 Å². The number of hydrogen-bond donors (Lipinski definition) is 0. The predicted molar refractivity (Wildman–Crippen MR) is 93.2 cm³/mol. The second-order valence-corrected chi connectivity index (χ2v) is 8.77. The molecule has 0 spiro atoms. The van der Waals surface area contributed by atoms with Crippen LogP contribution in [0.5, 0.6) is 0 Å². The first-order valence-corrected chi connectivity index (χ1v) is 9.68. The van der Waals surface area contributed by atoms with Crippen LogP contribution in [0.3, 0.4) is 0 Å². The fourth-order valence-electron chi connectivity index (χ4n) is 3.10. The van der Waals surface area contributed by atoms with Crippen molar-refractivity contribution in [3.05, 3.63) is 42.0 Å². The van der Waals surface area contributed by atoms with Gasteiger partial charge < -0.3 is 9.30 Å². The van der Waals surface area contributed by atoms with E-state index in [0.717, 1.165) is 5.56 Å². The van der Waals surface area contributed by atoms with Crippen molar-refractivity contribution in [2.45, 2.75) is 13.0 Å². The average molecular weight is 367 g/mol. The summed E-state index contributed by atoms with van der Waals surface area (Å²) in [6.45, 7) is 2.68. The Morgan fingerprint density at radius 1 is 1.36 bits per heavy atom. The van der Waals surface area contributed by atoms with E-state index in [-0.39, 0.29) is 23.5 Å². The zero-order chi connectivity index (χ0) is 18.2. The number of benzene rings is 1. The van der Waals surface area contributed by atoms with E-state index in [0.29, 0.717) is 24.6 Å². The number of rotatable bonds is 5. The third-order valence-corrected chi connectivity index (χ3v) is 6.57. The van der Waals surface area contributed by atoms with E-state index in [4.69, 9.17) is 4.74 Å². The van der Waals surface area contributed by atoms with Crippen LogP contribution in [0.15, 0.2) is 30.6 Å². The van der Waals surface area contributed by atoms with Gasteiger partial charge in [0.25, 0.3) is 0 Å². The van der Waals surface area contributed by atoms with Crippen LogP contribution in [0.25, 0.3) is 11.4 Å². The van der Waals surface area contributed by atoms with Crippen LogP contribution in [0.1, 0.15) is 11.6 Å². The zero-order valence-electron chi connectivity index (χ0n) is 14.5. The van der Waals surface area contributed by atoms with Crippen molar-refractivity contribution in [1.29, 1.82) is 0 Å². The van der Waals surface area contributed by atoms with Gasteiger partial charge in [0.1, 0.15) is 11.6 Å². The highest BCUT2D eigenvalue weighted by molar-refractivity contribution is 7.89. The fraction of sp³-hybridized carbons (Fsp3) is 0.471. The minimum absolute atomic E-state index is 0.00438. The van der Waals surface area contributed by atoms with Crippen LogP contribution >= 0.6 is 0 Å². The number of ether oxygens (including phenoxy) is 1. The van der Waals surface area contributed by atoms with E-state index in [1.54, 1.807) is 18.5 Å². The van der Waals surface area contributed by atoms with Crippen LogP contribution < -0.4 is 0 Å². The molecule has 0 aliphatic carbocycles. The van der Waals surface area contributed by atoms with E-state index in [2.05, 4.69) is 4.98 Å². The Balaban J connectivity index is 1.95. The van der Waals surface area contributed by atoms with Gasteiger partial charge in [-0.3, -0.25) is 0 Å². The Labute approximate surface area is 147 Å². The lowest BCUT2D eigenvalue weighted by Gasteiger charge is -2.23. The van der Waals surface area contributed by atoms with E-state index in [9.17, 15) is 12.8 Å². The second-order valence-electron chi connectivity index (χ2n) is 6.54. The van der Waals surface area contributed by atoms with Gasteiger partial charge in [0.15, 0.2) is 0 Å². The SMILES string of the molecule is Cc1ccc(F)cc1-c1nccn1[C@@H]1COC[C@@H]1CS(=O)(=O)N(C)C. The molecule has 0 radical (unpaired) electrons. The minimum atomic E-state index is -3.34. The van der Waals surface area contributed by atoms with Gasteiger partial charge in [-0.25, -0.2) is 22.1 Å². The lowest BCUT2D eigenvalue weighted by Crippen LogP contribution is -2.32. The van der Waals surface area contributed by atoms with Crippen molar-refractivity contribution in [2.75, 3.05) is 33.1 Å². The van der Waals surface area contributed by atoms with Gasteiger partial charge in [-0.2, -0.15) is 0 Å². The summed E-state index contributed by atoms with van der Waals surface area (Å²) >= 11 is 0. The number of nitrogens with zero attached hydrogens (tertiary/aromatic N) is 3. The molecule has 6 nitrogen and oxygen atoms in total. The monoisotopic (exact) mass is 367 g/mol. The molecule has 1 aromatic carbocycles. The molecular weight excluding hydrogens is 345 g/mol. The van der Waals surface area contributed by atoms with Crippen LogP contribution in [0.2, 0.25) is 0 Å². The van der Waals surface area contributed by atoms with Crippen LogP contribution in [0.4, 0.5) is 4.39 Å². The summed E-state index contributed by atoms with van der Waals surface area (Å²) in [7, 11) is -0.285. The number of aryl methyl sites for hydroxylation is 1. The first-order valence-electron chi connectivity index (χ1n) is 8.07. The lowest BCUT2D eigenvalue weighted by atomic mass is 10.0. The van der Waals surface area contributed by atoms with Crippen molar-refractivity contribution in [1.82, 2.24) is 13.9 Å². The molecule has 0 amide bonds. The van der Waals surface area contributed by atoms with E-state index in [1.807, 2.05) is 11.5 Å². The summed E-state index contributed by atoms with van der Waals surface area (Å²) in [6.07, 6.45) is 3.45. The molecule has 3 rings (SSSR count). The minimum Gasteiger partial charge on any atom is -0.379 e. The van der Waals surface area contributed by atoms with Gasteiger partial charge in [-0.15, -0.1) is 0 Å². The van der Waals surface area contributed by atoms with Crippen molar-refractivity contribution in [3.63, 3.8) is 0 Å². The van der Waals surface area contributed by atoms with Gasteiger partial charge >= 0.3 is 0 Å². The first-order chi connectivity index (χ1) is 11.8. The summed E-state index contributed by atoms with van der Waals surface area (Å²) in [5.74, 6) is 0.114. The highest BCUT2D eigenvalue weighted by Crippen LogP contribution is 2.32. The second kappa shape index (κ2) is 6.86. The highest BCUT2D eigenvalue weighted by atomic mass is 32.2. The molecule has 0 bridgehead atoms. The van der Waals surface area contributed by atoms with Gasteiger partial charge in [-0.1, -0.05) is 6.07 Å². The molecule has 2 aromatic rings. The van der Waals surface area contributed by atoms with Crippen molar-refractivity contribution in [2.24, 2.45) is 5.92 Å². The molecule has 1 aromatic heterocycles. The number of sulfonamides is 1. The standard InChI is InChI=1S/C17H22FN3O3S/c1-12-4-5-14(18)8-15(12)17-19-6-7-21(17)16-10-24-9-13(16)11-25(22,23)20(2)3/h4-8,13,16H,9-11H2,1-3H3/t13-,16-/m1/s1. The highest BCUT2D eigenvalue weighted by Gasteiger charge is 2.35. The zero-order valence-corrected chi connectivity index (χ0v) is 15.3. The molecule has 1 saturated heterocycles. The van der Waals surface area contributed by atoms with Gasteiger partial charge in [-0.05, 0) is 24.6 Å². The molecule has 2 heterocycles. The Kier molecular flexibility index (Phi) is 4.95. The van der Waals surface area contributed by atoms with Gasteiger partial charge in [0.2, 0.25) is 10.0 Å². The Morgan fingerprint density at radius 3 is 2.84 bits per heavy atom. The first kappa shape index (κ1) is 18.0. The van der Waals surface area contributed by atoms with Crippen LogP contribution in [0, 0.1) is 18.7 Å². The maximum atomic E-state index is 13.7. The normalized spacial score (nSPS) is 21.2. The lowest BCUT2D eigenvalue weighted by molar-refractivity contribution is 0.182. The smallest absolute Gasteiger partial charge is 0.214 e. The van der Waals surface area contributed by atoms with Crippen LogP contribution in [-0.2, 0) is 14.8 Å². The number of imidazole rings is 1. The third kappa shape index (κ3) is 3.61. The Hall–Kier alpha value is -1.77. The average Bonchev–Trinajstić information content (AvgIpc) is 3.17. The summed E-state index contributed by atoms with van der Waals surface area (Å²) in [5.41, 5.74) is 1.61. The molecule has 1 aliphatic rings. The van der Waals surface area contributed by atoms with Crippen LogP contribution in [-0.4, -0.2) is 55.3 Å². The molecule has 136 valence electrons.